The molecule has 2 aromatic rings. The molecule has 0 radical (unpaired) electrons. The molecule has 0 aromatic heterocycles. The third-order valence-electron chi connectivity index (χ3n) is 2.74. The van der Waals surface area contributed by atoms with E-state index in [4.69, 9.17) is 11.6 Å². The van der Waals surface area contributed by atoms with E-state index in [1.54, 1.807) is 18.1 Å². The molecule has 2 rings (SSSR count). The monoisotopic (exact) mass is 274 g/mol. The number of hydrogen-bond donors (Lipinski definition) is 1. The lowest BCUT2D eigenvalue weighted by atomic mass is 10.1. The highest BCUT2D eigenvalue weighted by Crippen LogP contribution is 2.15. The van der Waals surface area contributed by atoms with E-state index in [-0.39, 0.29) is 12.3 Å². The van der Waals surface area contributed by atoms with Crippen LogP contribution in [-0.2, 0) is 11.2 Å². The van der Waals surface area contributed by atoms with E-state index in [1.807, 2.05) is 48.5 Å². The number of halogens is 1. The Bertz CT molecular complexity index is 557. The predicted octanol–water partition coefficient (Wildman–Crippen LogP) is 3.05. The Morgan fingerprint density at radius 2 is 1.74 bits per heavy atom. The van der Waals surface area contributed by atoms with Crippen molar-refractivity contribution in [3.8, 4) is 0 Å². The van der Waals surface area contributed by atoms with Crippen LogP contribution >= 0.6 is 11.6 Å². The molecule has 0 fully saturated rings. The lowest BCUT2D eigenvalue weighted by Crippen LogP contribution is -2.40. The fraction of sp³-hybridized carbons (Fsp3) is 0.133. The van der Waals surface area contributed by atoms with Crippen molar-refractivity contribution >= 4 is 23.2 Å². The summed E-state index contributed by atoms with van der Waals surface area (Å²) in [4.78, 5) is 11.9. The molecular formula is C15H15ClN2O. The van der Waals surface area contributed by atoms with E-state index in [0.29, 0.717) is 5.02 Å². The summed E-state index contributed by atoms with van der Waals surface area (Å²) < 4.78 is 0. The van der Waals surface area contributed by atoms with Gasteiger partial charge in [0.05, 0.1) is 12.1 Å². The average molecular weight is 275 g/mol. The lowest BCUT2D eigenvalue weighted by Gasteiger charge is -2.20. The molecule has 19 heavy (non-hydrogen) atoms. The first-order chi connectivity index (χ1) is 9.16. The molecule has 2 aromatic carbocycles. The minimum atomic E-state index is -0.0977. The third-order valence-corrected chi connectivity index (χ3v) is 3.11. The number of nitrogens with zero attached hydrogens (tertiary/aromatic N) is 1. The maximum absolute atomic E-state index is 11.9. The summed E-state index contributed by atoms with van der Waals surface area (Å²) in [6.07, 6.45) is 0.261. The van der Waals surface area contributed by atoms with Gasteiger partial charge in [0, 0.05) is 12.1 Å². The van der Waals surface area contributed by atoms with Crippen LogP contribution in [0.15, 0.2) is 54.6 Å². The van der Waals surface area contributed by atoms with Gasteiger partial charge in [-0.2, -0.15) is 0 Å². The number of carbonyl (C=O) groups is 1. The number of carbonyl (C=O) groups excluding carboxylic acids is 1. The molecule has 0 bridgehead atoms. The summed E-state index contributed by atoms with van der Waals surface area (Å²) in [7, 11) is 1.81. The van der Waals surface area contributed by atoms with Gasteiger partial charge < -0.3 is 0 Å². The van der Waals surface area contributed by atoms with Crippen LogP contribution in [-0.4, -0.2) is 13.0 Å². The highest BCUT2D eigenvalue weighted by Gasteiger charge is 2.08. The third kappa shape index (κ3) is 3.73. The van der Waals surface area contributed by atoms with Crippen LogP contribution < -0.4 is 10.4 Å². The summed E-state index contributed by atoms with van der Waals surface area (Å²) >= 11 is 6.03. The zero-order chi connectivity index (χ0) is 13.7. The molecule has 0 atom stereocenters. The number of nitrogens with one attached hydrogen (secondary N) is 1. The van der Waals surface area contributed by atoms with E-state index in [9.17, 15) is 4.79 Å². The lowest BCUT2D eigenvalue weighted by molar-refractivity contribution is -0.120. The first kappa shape index (κ1) is 13.4. The van der Waals surface area contributed by atoms with Crippen LogP contribution in [0.25, 0.3) is 0 Å². The second-order valence-electron chi connectivity index (χ2n) is 4.20. The number of hydrogen-bond acceptors (Lipinski definition) is 2. The van der Waals surface area contributed by atoms with Crippen LogP contribution in [0.5, 0.6) is 0 Å². The van der Waals surface area contributed by atoms with Gasteiger partial charge >= 0.3 is 0 Å². The first-order valence-corrected chi connectivity index (χ1v) is 6.36. The number of hydrazine groups is 1. The van der Waals surface area contributed by atoms with Gasteiger partial charge in [-0.05, 0) is 23.8 Å². The van der Waals surface area contributed by atoms with Crippen molar-refractivity contribution in [1.29, 1.82) is 0 Å². The van der Waals surface area contributed by atoms with Crippen molar-refractivity contribution in [2.24, 2.45) is 0 Å². The Labute approximate surface area is 117 Å². The SMILES string of the molecule is CN(NC(=O)Cc1ccccc1Cl)c1ccccc1. The molecule has 3 nitrogen and oxygen atoms in total. The quantitative estimate of drug-likeness (QED) is 0.869. The van der Waals surface area contributed by atoms with E-state index in [1.165, 1.54) is 0 Å². The highest BCUT2D eigenvalue weighted by molar-refractivity contribution is 6.31. The topological polar surface area (TPSA) is 32.3 Å². The maximum atomic E-state index is 11.9. The molecule has 0 spiro atoms. The molecule has 0 unspecified atom stereocenters. The van der Waals surface area contributed by atoms with Crippen molar-refractivity contribution in [3.63, 3.8) is 0 Å². The molecule has 0 heterocycles. The van der Waals surface area contributed by atoms with Gasteiger partial charge in [0.1, 0.15) is 0 Å². The summed E-state index contributed by atoms with van der Waals surface area (Å²) in [5.41, 5.74) is 4.56. The zero-order valence-corrected chi connectivity index (χ0v) is 11.4. The van der Waals surface area contributed by atoms with Crippen LogP contribution in [0.2, 0.25) is 5.02 Å². The van der Waals surface area contributed by atoms with Gasteiger partial charge in [-0.25, -0.2) is 0 Å². The van der Waals surface area contributed by atoms with E-state index < -0.39 is 0 Å². The van der Waals surface area contributed by atoms with Crippen LogP contribution in [0.4, 0.5) is 5.69 Å². The van der Waals surface area contributed by atoms with Gasteiger partial charge in [0.25, 0.3) is 0 Å². The number of anilines is 1. The second kappa shape index (κ2) is 6.25. The normalized spacial score (nSPS) is 10.0. The summed E-state index contributed by atoms with van der Waals surface area (Å²) in [5, 5.41) is 2.30. The molecule has 0 saturated carbocycles. The van der Waals surface area contributed by atoms with Crippen LogP contribution in [0.1, 0.15) is 5.56 Å². The Hall–Kier alpha value is -2.00. The van der Waals surface area contributed by atoms with Gasteiger partial charge in [0.15, 0.2) is 0 Å². The Morgan fingerprint density at radius 3 is 2.42 bits per heavy atom. The van der Waals surface area contributed by atoms with Crippen molar-refractivity contribution in [2.75, 3.05) is 12.1 Å². The Morgan fingerprint density at radius 1 is 1.11 bits per heavy atom. The standard InChI is InChI=1S/C15H15ClN2O/c1-18(13-8-3-2-4-9-13)17-15(19)11-12-7-5-6-10-14(12)16/h2-10H,11H2,1H3,(H,17,19). The van der Waals surface area contributed by atoms with Gasteiger partial charge in [-0.15, -0.1) is 0 Å². The number of rotatable bonds is 4. The molecule has 98 valence electrons. The molecule has 1 N–H and O–H groups in total. The van der Waals surface area contributed by atoms with Gasteiger partial charge in [-0.1, -0.05) is 48.0 Å². The number of para-hydroxylation sites is 1. The molecule has 0 saturated heterocycles. The fourth-order valence-corrected chi connectivity index (χ4v) is 1.96. The van der Waals surface area contributed by atoms with E-state index in [0.717, 1.165) is 11.3 Å². The fourth-order valence-electron chi connectivity index (χ4n) is 1.76. The summed E-state index contributed by atoms with van der Waals surface area (Å²) in [6.45, 7) is 0. The molecule has 0 aliphatic rings. The number of benzene rings is 2. The van der Waals surface area contributed by atoms with E-state index in [2.05, 4.69) is 5.43 Å². The largest absolute Gasteiger partial charge is 0.289 e. The molecule has 0 aliphatic carbocycles. The molecule has 1 amide bonds. The maximum Gasteiger partial charge on any atom is 0.242 e. The number of amides is 1. The Balaban J connectivity index is 1.97. The zero-order valence-electron chi connectivity index (χ0n) is 10.6. The minimum Gasteiger partial charge on any atom is -0.289 e. The first-order valence-electron chi connectivity index (χ1n) is 5.98. The van der Waals surface area contributed by atoms with Crippen molar-refractivity contribution in [1.82, 2.24) is 5.43 Å². The van der Waals surface area contributed by atoms with Gasteiger partial charge in [0.2, 0.25) is 5.91 Å². The van der Waals surface area contributed by atoms with Crippen molar-refractivity contribution < 1.29 is 4.79 Å². The smallest absolute Gasteiger partial charge is 0.242 e. The van der Waals surface area contributed by atoms with Crippen LogP contribution in [0, 0.1) is 0 Å². The molecular weight excluding hydrogens is 260 g/mol. The highest BCUT2D eigenvalue weighted by atomic mass is 35.5. The second-order valence-corrected chi connectivity index (χ2v) is 4.60. The minimum absolute atomic E-state index is 0.0977. The molecule has 4 heteroatoms. The average Bonchev–Trinajstić information content (AvgIpc) is 2.42. The van der Waals surface area contributed by atoms with Crippen LogP contribution in [0.3, 0.4) is 0 Å². The summed E-state index contributed by atoms with van der Waals surface area (Å²) in [5.74, 6) is -0.0977. The van der Waals surface area contributed by atoms with Crippen molar-refractivity contribution in [2.45, 2.75) is 6.42 Å². The summed E-state index contributed by atoms with van der Waals surface area (Å²) in [6, 6.07) is 17.0. The van der Waals surface area contributed by atoms with Gasteiger partial charge in [-0.3, -0.25) is 15.2 Å². The van der Waals surface area contributed by atoms with Crippen molar-refractivity contribution in [3.05, 3.63) is 65.2 Å². The molecule has 0 aliphatic heterocycles. The van der Waals surface area contributed by atoms with E-state index >= 15 is 0 Å². The Kier molecular flexibility index (Phi) is 4.42. The predicted molar refractivity (Wildman–Crippen MR) is 78.1 cm³/mol.